The zero-order valence-electron chi connectivity index (χ0n) is 11.6. The summed E-state index contributed by atoms with van der Waals surface area (Å²) in [6, 6.07) is 19.6. The summed E-state index contributed by atoms with van der Waals surface area (Å²) in [7, 11) is 0. The zero-order chi connectivity index (χ0) is 15.6. The van der Waals surface area contributed by atoms with Crippen molar-refractivity contribution in [1.82, 2.24) is 4.98 Å². The van der Waals surface area contributed by atoms with Crippen molar-refractivity contribution in [3.05, 3.63) is 100 Å². The number of hydrogen-bond acceptors (Lipinski definition) is 2. The van der Waals surface area contributed by atoms with Gasteiger partial charge in [-0.05, 0) is 17.2 Å². The molecule has 0 aliphatic heterocycles. The Morgan fingerprint density at radius 1 is 0.864 bits per heavy atom. The number of aliphatic hydroxyl groups is 1. The van der Waals surface area contributed by atoms with Crippen LogP contribution in [-0.4, -0.2) is 10.1 Å². The molecular weight excluding hydrogens is 345 g/mol. The Morgan fingerprint density at radius 2 is 1.36 bits per heavy atom. The van der Waals surface area contributed by atoms with Gasteiger partial charge in [-0.3, -0.25) is 0 Å². The molecule has 0 radical (unpaired) electrons. The molecule has 0 bridgehead atoms. The molecule has 0 atom stereocenters. The van der Waals surface area contributed by atoms with Gasteiger partial charge in [0.1, 0.15) is 5.60 Å². The van der Waals surface area contributed by atoms with Gasteiger partial charge in [0.15, 0.2) is 0 Å². The number of benzene rings is 2. The quantitative estimate of drug-likeness (QED) is 0.710. The molecule has 1 heterocycles. The smallest absolute Gasteiger partial charge is 0.220 e. The van der Waals surface area contributed by atoms with Gasteiger partial charge < -0.3 is 5.11 Å². The van der Waals surface area contributed by atoms with Crippen LogP contribution in [0.15, 0.2) is 77.4 Å². The second-order valence-electron chi connectivity index (χ2n) is 4.90. The van der Waals surface area contributed by atoms with Gasteiger partial charge in [-0.15, -0.1) is 0 Å². The Balaban J connectivity index is 2.34. The van der Waals surface area contributed by atoms with E-state index in [1.54, 1.807) is 30.3 Å². The van der Waals surface area contributed by atoms with Crippen LogP contribution in [0.1, 0.15) is 16.7 Å². The minimum Gasteiger partial charge on any atom is -0.376 e. The lowest BCUT2D eigenvalue weighted by Crippen LogP contribution is -2.31. The second-order valence-corrected chi connectivity index (χ2v) is 5.76. The van der Waals surface area contributed by atoms with Gasteiger partial charge >= 0.3 is 0 Å². The van der Waals surface area contributed by atoms with Crippen molar-refractivity contribution in [2.45, 2.75) is 5.60 Å². The minimum atomic E-state index is -1.63. The normalized spacial score (nSPS) is 11.4. The largest absolute Gasteiger partial charge is 0.376 e. The summed E-state index contributed by atoms with van der Waals surface area (Å²) in [5, 5.41) is 11.5. The summed E-state index contributed by atoms with van der Waals surface area (Å²) >= 11 is 3.34. The maximum atomic E-state index is 14.4. The predicted octanol–water partition coefficient (Wildman–Crippen LogP) is 4.27. The molecule has 0 aliphatic rings. The Labute approximate surface area is 136 Å². The van der Waals surface area contributed by atoms with Crippen LogP contribution < -0.4 is 0 Å². The maximum absolute atomic E-state index is 14.4. The van der Waals surface area contributed by atoms with E-state index in [1.165, 1.54) is 6.20 Å². The highest BCUT2D eigenvalue weighted by Crippen LogP contribution is 2.40. The molecular formula is C18H13BrFNO. The van der Waals surface area contributed by atoms with Gasteiger partial charge in [-0.2, -0.15) is 4.39 Å². The summed E-state index contributed by atoms with van der Waals surface area (Å²) in [6.07, 6.45) is 1.36. The van der Waals surface area contributed by atoms with Crippen molar-refractivity contribution in [2.24, 2.45) is 0 Å². The van der Waals surface area contributed by atoms with Crippen molar-refractivity contribution in [1.29, 1.82) is 0 Å². The van der Waals surface area contributed by atoms with Gasteiger partial charge in [0.05, 0.1) is 5.56 Å². The minimum absolute atomic E-state index is 0.104. The van der Waals surface area contributed by atoms with Gasteiger partial charge in [0, 0.05) is 10.7 Å². The molecule has 2 nitrogen and oxygen atoms in total. The van der Waals surface area contributed by atoms with Gasteiger partial charge in [0.25, 0.3) is 0 Å². The van der Waals surface area contributed by atoms with Crippen LogP contribution in [0.25, 0.3) is 0 Å². The van der Waals surface area contributed by atoms with Crippen molar-refractivity contribution in [3.63, 3.8) is 0 Å². The van der Waals surface area contributed by atoms with Crippen molar-refractivity contribution >= 4 is 15.9 Å². The molecule has 0 spiro atoms. The van der Waals surface area contributed by atoms with Gasteiger partial charge in [-0.25, -0.2) is 4.98 Å². The predicted molar refractivity (Wildman–Crippen MR) is 86.9 cm³/mol. The van der Waals surface area contributed by atoms with Crippen molar-refractivity contribution < 1.29 is 9.50 Å². The summed E-state index contributed by atoms with van der Waals surface area (Å²) in [5.41, 5.74) is -0.366. The first-order valence-electron chi connectivity index (χ1n) is 6.78. The van der Waals surface area contributed by atoms with E-state index in [4.69, 9.17) is 0 Å². The fraction of sp³-hybridized carbons (Fsp3) is 0.0556. The molecule has 4 heteroatoms. The van der Waals surface area contributed by atoms with Crippen LogP contribution in [0.4, 0.5) is 4.39 Å². The fourth-order valence-corrected chi connectivity index (χ4v) is 3.12. The van der Waals surface area contributed by atoms with Gasteiger partial charge in [0.2, 0.25) is 5.95 Å². The monoisotopic (exact) mass is 357 g/mol. The van der Waals surface area contributed by atoms with E-state index in [2.05, 4.69) is 20.9 Å². The first-order chi connectivity index (χ1) is 10.6. The van der Waals surface area contributed by atoms with E-state index in [0.29, 0.717) is 15.6 Å². The van der Waals surface area contributed by atoms with Crippen molar-refractivity contribution in [3.8, 4) is 0 Å². The lowest BCUT2D eigenvalue weighted by molar-refractivity contribution is 0.119. The number of pyridine rings is 1. The molecule has 0 unspecified atom stereocenters. The van der Waals surface area contributed by atoms with Gasteiger partial charge in [-0.1, -0.05) is 76.6 Å². The molecule has 2 aromatic carbocycles. The molecule has 0 fully saturated rings. The molecule has 0 saturated carbocycles. The lowest BCUT2D eigenvalue weighted by atomic mass is 9.81. The van der Waals surface area contributed by atoms with Crippen LogP contribution in [0, 0.1) is 5.95 Å². The van der Waals surface area contributed by atoms with E-state index in [9.17, 15) is 9.50 Å². The third-order valence-corrected chi connectivity index (χ3v) is 4.26. The standard InChI is InChI=1S/C18H13BrFNO/c19-15-11-12-21-17(20)16(15)18(22,13-7-3-1-4-8-13)14-9-5-2-6-10-14/h1-12,22H. The molecule has 0 amide bonds. The van der Waals surface area contributed by atoms with E-state index in [-0.39, 0.29) is 5.56 Å². The fourth-order valence-electron chi connectivity index (χ4n) is 2.55. The molecule has 3 rings (SSSR count). The molecule has 110 valence electrons. The zero-order valence-corrected chi connectivity index (χ0v) is 13.2. The Bertz CT molecular complexity index is 718. The third kappa shape index (κ3) is 2.45. The second kappa shape index (κ2) is 5.99. The van der Waals surface area contributed by atoms with Crippen LogP contribution in [-0.2, 0) is 5.60 Å². The Hall–Kier alpha value is -2.04. The van der Waals surface area contributed by atoms with Crippen molar-refractivity contribution in [2.75, 3.05) is 0 Å². The number of hydrogen-bond donors (Lipinski definition) is 1. The average molecular weight is 358 g/mol. The van der Waals surface area contributed by atoms with Crippen LogP contribution in [0.3, 0.4) is 0 Å². The summed E-state index contributed by atoms with van der Waals surface area (Å²) < 4.78 is 14.9. The Morgan fingerprint density at radius 3 is 1.82 bits per heavy atom. The molecule has 1 N–H and O–H groups in total. The molecule has 0 aliphatic carbocycles. The average Bonchev–Trinajstić information content (AvgIpc) is 2.56. The van der Waals surface area contributed by atoms with Crippen LogP contribution >= 0.6 is 15.9 Å². The summed E-state index contributed by atoms with van der Waals surface area (Å²) in [4.78, 5) is 3.70. The van der Waals surface area contributed by atoms with E-state index in [1.807, 2.05) is 36.4 Å². The van der Waals surface area contributed by atoms with Crippen LogP contribution in [0.2, 0.25) is 0 Å². The molecule has 0 saturated heterocycles. The number of halogens is 2. The van der Waals surface area contributed by atoms with E-state index >= 15 is 0 Å². The molecule has 3 aromatic rings. The first kappa shape index (κ1) is 14.9. The highest BCUT2D eigenvalue weighted by Gasteiger charge is 2.38. The highest BCUT2D eigenvalue weighted by atomic mass is 79.9. The number of aromatic nitrogens is 1. The summed E-state index contributed by atoms with van der Waals surface area (Å²) in [6.45, 7) is 0. The topological polar surface area (TPSA) is 33.1 Å². The highest BCUT2D eigenvalue weighted by molar-refractivity contribution is 9.10. The Kier molecular flexibility index (Phi) is 4.05. The molecule has 22 heavy (non-hydrogen) atoms. The SMILES string of the molecule is OC(c1ccccc1)(c1ccccc1)c1c(Br)ccnc1F. The lowest BCUT2D eigenvalue weighted by Gasteiger charge is -2.30. The maximum Gasteiger partial charge on any atom is 0.220 e. The summed E-state index contributed by atoms with van der Waals surface area (Å²) in [5.74, 6) is -0.704. The molecule has 1 aromatic heterocycles. The van der Waals surface area contributed by atoms with Crippen LogP contribution in [0.5, 0.6) is 0 Å². The number of nitrogens with zero attached hydrogens (tertiary/aromatic N) is 1. The number of rotatable bonds is 3. The third-order valence-electron chi connectivity index (χ3n) is 3.60. The van der Waals surface area contributed by atoms with E-state index in [0.717, 1.165) is 0 Å². The first-order valence-corrected chi connectivity index (χ1v) is 7.57. The van der Waals surface area contributed by atoms with E-state index < -0.39 is 11.5 Å².